The summed E-state index contributed by atoms with van der Waals surface area (Å²) in [6.07, 6.45) is 0. The maximum Gasteiger partial charge on any atom is 0.287 e. The maximum absolute atomic E-state index is 12.5. The second kappa shape index (κ2) is 8.35. The zero-order valence-corrected chi connectivity index (χ0v) is 17.0. The van der Waals surface area contributed by atoms with Crippen molar-refractivity contribution in [2.24, 2.45) is 0 Å². The summed E-state index contributed by atoms with van der Waals surface area (Å²) >= 11 is 12.0. The van der Waals surface area contributed by atoms with Gasteiger partial charge in [0.25, 0.3) is 5.91 Å². The normalized spacial score (nSPS) is 14.3. The topological polar surface area (TPSA) is 65.8 Å². The maximum atomic E-state index is 12.5. The minimum absolute atomic E-state index is 0.0756. The summed E-state index contributed by atoms with van der Waals surface area (Å²) in [5.74, 6) is -0.396. The smallest absolute Gasteiger partial charge is 0.287 e. The molecule has 0 unspecified atom stereocenters. The highest BCUT2D eigenvalue weighted by Gasteiger charge is 2.22. The number of carbonyl (C=O) groups excluding carboxylic acids is 2. The number of nitrogens with one attached hydrogen (secondary N) is 1. The number of benzene rings is 2. The second-order valence-electron chi connectivity index (χ2n) is 6.82. The van der Waals surface area contributed by atoms with Gasteiger partial charge < -0.3 is 19.5 Å². The number of fused-ring (bicyclic) bond motifs is 1. The Labute approximate surface area is 178 Å². The van der Waals surface area contributed by atoms with Crippen molar-refractivity contribution in [2.75, 3.05) is 37.6 Å². The first-order valence-corrected chi connectivity index (χ1v) is 10.0. The van der Waals surface area contributed by atoms with Gasteiger partial charge in [0.15, 0.2) is 5.76 Å². The van der Waals surface area contributed by atoms with Gasteiger partial charge in [-0.2, -0.15) is 0 Å². The first-order chi connectivity index (χ1) is 14.0. The summed E-state index contributed by atoms with van der Waals surface area (Å²) in [6.45, 7) is 2.53. The highest BCUT2D eigenvalue weighted by molar-refractivity contribution is 6.31. The number of nitrogens with zero attached hydrogens (tertiary/aromatic N) is 2. The molecule has 150 valence electrons. The molecule has 1 aromatic heterocycles. The number of halogens is 2. The van der Waals surface area contributed by atoms with Crippen LogP contribution in [-0.4, -0.2) is 49.4 Å². The number of piperazine rings is 1. The molecule has 1 fully saturated rings. The molecule has 0 aliphatic carbocycles. The molecule has 29 heavy (non-hydrogen) atoms. The largest absolute Gasteiger partial charge is 0.451 e. The van der Waals surface area contributed by atoms with Crippen molar-refractivity contribution in [3.8, 4) is 0 Å². The molecular weight excluding hydrogens is 413 g/mol. The average molecular weight is 432 g/mol. The van der Waals surface area contributed by atoms with Gasteiger partial charge in [0, 0.05) is 47.3 Å². The zero-order valence-electron chi connectivity index (χ0n) is 15.5. The van der Waals surface area contributed by atoms with Crippen molar-refractivity contribution in [1.82, 2.24) is 10.2 Å². The average Bonchev–Trinajstić information content (AvgIpc) is 3.15. The Bertz CT molecular complexity index is 1060. The molecule has 0 atom stereocenters. The van der Waals surface area contributed by atoms with Gasteiger partial charge in [-0.15, -0.1) is 0 Å². The molecule has 8 heteroatoms. The lowest BCUT2D eigenvalue weighted by Crippen LogP contribution is -2.51. The van der Waals surface area contributed by atoms with Crippen molar-refractivity contribution in [3.05, 3.63) is 64.3 Å². The highest BCUT2D eigenvalue weighted by atomic mass is 35.5. The van der Waals surface area contributed by atoms with Crippen LogP contribution < -0.4 is 10.2 Å². The summed E-state index contributed by atoms with van der Waals surface area (Å²) in [5.41, 5.74) is 1.62. The molecule has 1 aliphatic heterocycles. The van der Waals surface area contributed by atoms with Crippen LogP contribution in [0, 0.1) is 0 Å². The molecule has 2 aromatic carbocycles. The Balaban J connectivity index is 1.30. The first-order valence-electron chi connectivity index (χ1n) is 9.25. The van der Waals surface area contributed by atoms with Crippen molar-refractivity contribution in [2.45, 2.75) is 0 Å². The molecule has 0 bridgehead atoms. The van der Waals surface area contributed by atoms with E-state index in [9.17, 15) is 9.59 Å². The van der Waals surface area contributed by atoms with Crippen LogP contribution in [-0.2, 0) is 4.79 Å². The van der Waals surface area contributed by atoms with E-state index in [-0.39, 0.29) is 18.2 Å². The van der Waals surface area contributed by atoms with E-state index in [1.165, 1.54) is 0 Å². The third kappa shape index (κ3) is 4.49. The zero-order chi connectivity index (χ0) is 20.4. The molecule has 6 nitrogen and oxygen atoms in total. The van der Waals surface area contributed by atoms with Gasteiger partial charge in [-0.05, 0) is 42.5 Å². The molecule has 2 heterocycles. The van der Waals surface area contributed by atoms with E-state index in [4.69, 9.17) is 27.6 Å². The van der Waals surface area contributed by atoms with Crippen LogP contribution in [0.25, 0.3) is 11.0 Å². The SMILES string of the molecule is O=C(NCC(=O)N1CCN(c2cccc(Cl)c2)CC1)c1cc2cc(Cl)ccc2o1. The van der Waals surface area contributed by atoms with Gasteiger partial charge in [-0.3, -0.25) is 9.59 Å². The lowest BCUT2D eigenvalue weighted by Gasteiger charge is -2.36. The highest BCUT2D eigenvalue weighted by Crippen LogP contribution is 2.23. The molecule has 2 amide bonds. The van der Waals surface area contributed by atoms with E-state index < -0.39 is 5.91 Å². The number of amides is 2. The van der Waals surface area contributed by atoms with Crippen molar-refractivity contribution in [3.63, 3.8) is 0 Å². The second-order valence-corrected chi connectivity index (χ2v) is 7.70. The molecule has 4 rings (SSSR count). The van der Waals surface area contributed by atoms with Crippen LogP contribution in [0.4, 0.5) is 5.69 Å². The van der Waals surface area contributed by atoms with Gasteiger partial charge in [-0.1, -0.05) is 29.3 Å². The Kier molecular flexibility index (Phi) is 5.65. The van der Waals surface area contributed by atoms with Crippen molar-refractivity contribution >= 4 is 51.7 Å². The number of carbonyl (C=O) groups is 2. The predicted octanol–water partition coefficient (Wildman–Crippen LogP) is 3.82. The van der Waals surface area contributed by atoms with E-state index in [2.05, 4.69) is 10.2 Å². The summed E-state index contributed by atoms with van der Waals surface area (Å²) in [4.78, 5) is 28.7. The van der Waals surface area contributed by atoms with Gasteiger partial charge >= 0.3 is 0 Å². The number of furan rings is 1. The van der Waals surface area contributed by atoms with Crippen LogP contribution in [0.2, 0.25) is 10.0 Å². The standard InChI is InChI=1S/C21H19Cl2N3O3/c22-15-2-1-3-17(12-15)25-6-8-26(9-7-25)20(27)13-24-21(28)19-11-14-10-16(23)4-5-18(14)29-19/h1-5,10-12H,6-9,13H2,(H,24,28). The molecule has 1 N–H and O–H groups in total. The van der Waals surface area contributed by atoms with Gasteiger partial charge in [0.05, 0.1) is 6.54 Å². The molecule has 3 aromatic rings. The van der Waals surface area contributed by atoms with Crippen LogP contribution >= 0.6 is 23.2 Å². The van der Waals surface area contributed by atoms with Crippen LogP contribution in [0.15, 0.2) is 52.9 Å². The van der Waals surface area contributed by atoms with E-state index in [1.807, 2.05) is 24.3 Å². The van der Waals surface area contributed by atoms with Crippen molar-refractivity contribution in [1.29, 1.82) is 0 Å². The minimum Gasteiger partial charge on any atom is -0.451 e. The molecule has 0 saturated carbocycles. The first kappa shape index (κ1) is 19.6. The molecule has 1 saturated heterocycles. The fraction of sp³-hybridized carbons (Fsp3) is 0.238. The fourth-order valence-corrected chi connectivity index (χ4v) is 3.73. The van der Waals surface area contributed by atoms with E-state index >= 15 is 0 Å². The van der Waals surface area contributed by atoms with Gasteiger partial charge in [-0.25, -0.2) is 0 Å². The molecule has 0 spiro atoms. The van der Waals surface area contributed by atoms with Crippen LogP contribution in [0.1, 0.15) is 10.6 Å². The third-order valence-electron chi connectivity index (χ3n) is 4.91. The van der Waals surface area contributed by atoms with Crippen molar-refractivity contribution < 1.29 is 14.0 Å². The summed E-state index contributed by atoms with van der Waals surface area (Å²) in [7, 11) is 0. The Morgan fingerprint density at radius 3 is 2.48 bits per heavy atom. The van der Waals surface area contributed by atoms with Crippen LogP contribution in [0.5, 0.6) is 0 Å². The molecular formula is C21H19Cl2N3O3. The predicted molar refractivity (Wildman–Crippen MR) is 114 cm³/mol. The summed E-state index contributed by atoms with van der Waals surface area (Å²) in [6, 6.07) is 14.4. The number of rotatable bonds is 4. The van der Waals surface area contributed by atoms with E-state index in [0.717, 1.165) is 11.1 Å². The number of hydrogen-bond donors (Lipinski definition) is 1. The van der Waals surface area contributed by atoms with E-state index in [1.54, 1.807) is 29.2 Å². The Morgan fingerprint density at radius 2 is 1.72 bits per heavy atom. The minimum atomic E-state index is -0.428. The fourth-order valence-electron chi connectivity index (χ4n) is 3.37. The molecule has 1 aliphatic rings. The monoisotopic (exact) mass is 431 g/mol. The number of anilines is 1. The summed E-state index contributed by atoms with van der Waals surface area (Å²) < 4.78 is 5.52. The van der Waals surface area contributed by atoms with Gasteiger partial charge in [0.2, 0.25) is 5.91 Å². The molecule has 0 radical (unpaired) electrons. The Hall–Kier alpha value is -2.70. The lowest BCUT2D eigenvalue weighted by atomic mass is 10.2. The quantitative estimate of drug-likeness (QED) is 0.681. The van der Waals surface area contributed by atoms with Gasteiger partial charge in [0.1, 0.15) is 5.58 Å². The van der Waals surface area contributed by atoms with E-state index in [0.29, 0.717) is 41.8 Å². The Morgan fingerprint density at radius 1 is 0.966 bits per heavy atom. The number of hydrogen-bond acceptors (Lipinski definition) is 4. The lowest BCUT2D eigenvalue weighted by molar-refractivity contribution is -0.130. The summed E-state index contributed by atoms with van der Waals surface area (Å²) in [5, 5.41) is 4.63. The van der Waals surface area contributed by atoms with Crippen LogP contribution in [0.3, 0.4) is 0 Å². The third-order valence-corrected chi connectivity index (χ3v) is 5.38.